The number of carbonyl (C=O) groups is 2. The summed E-state index contributed by atoms with van der Waals surface area (Å²) in [4.78, 5) is 30.1. The largest absolute Gasteiger partial charge is 0.476 e. The van der Waals surface area contributed by atoms with Crippen molar-refractivity contribution < 1.29 is 14.7 Å². The van der Waals surface area contributed by atoms with Crippen LogP contribution in [0.2, 0.25) is 0 Å². The number of H-pyrrole nitrogens is 1. The van der Waals surface area contributed by atoms with Crippen LogP contribution in [0.1, 0.15) is 34.3 Å². The van der Waals surface area contributed by atoms with E-state index in [1.54, 1.807) is 6.92 Å². The molecule has 1 unspecified atom stereocenters. The molecule has 0 aromatic carbocycles. The Morgan fingerprint density at radius 3 is 2.95 bits per heavy atom. The predicted octanol–water partition coefficient (Wildman–Crippen LogP) is 0.520. The number of carboxylic acid groups (broad SMARTS) is 1. The summed E-state index contributed by atoms with van der Waals surface area (Å²) >= 11 is 1.18. The van der Waals surface area contributed by atoms with Crippen molar-refractivity contribution in [2.24, 2.45) is 0 Å². The number of aromatic amines is 1. The number of rotatable bonds is 5. The fraction of sp³-hybridized carbons (Fsp3) is 0.300. The molecule has 20 heavy (non-hydrogen) atoms. The van der Waals surface area contributed by atoms with Crippen LogP contribution < -0.4 is 10.6 Å². The summed E-state index contributed by atoms with van der Waals surface area (Å²) < 4.78 is 0. The Balaban J connectivity index is 1.85. The molecule has 2 rings (SSSR count). The van der Waals surface area contributed by atoms with E-state index in [0.717, 1.165) is 0 Å². The number of thiazole rings is 1. The van der Waals surface area contributed by atoms with E-state index in [-0.39, 0.29) is 18.3 Å². The fourth-order valence-electron chi connectivity index (χ4n) is 1.37. The van der Waals surface area contributed by atoms with E-state index in [4.69, 9.17) is 5.11 Å². The number of carboxylic acids is 1. The summed E-state index contributed by atoms with van der Waals surface area (Å²) in [5.41, 5.74) is -0.0271. The average molecular weight is 296 g/mol. The molecular formula is C10H12N6O3S. The van der Waals surface area contributed by atoms with Crippen LogP contribution in [0, 0.1) is 0 Å². The molecule has 0 aliphatic carbocycles. The van der Waals surface area contributed by atoms with Crippen molar-refractivity contribution in [1.29, 1.82) is 0 Å². The zero-order chi connectivity index (χ0) is 14.5. The summed E-state index contributed by atoms with van der Waals surface area (Å²) in [6.07, 6.45) is 1.35. The van der Waals surface area contributed by atoms with E-state index >= 15 is 0 Å². The zero-order valence-corrected chi connectivity index (χ0v) is 11.3. The van der Waals surface area contributed by atoms with Crippen LogP contribution in [0.3, 0.4) is 0 Å². The standard InChI is InChI=1S/C10H12N6O3S/c1-5(8-15-6(3-20-8)9(17)18)14-10(19)11-2-7-12-4-13-16-7/h3-5H,2H2,1H3,(H,17,18)(H2,11,14,19)(H,12,13,16). The number of aromatic nitrogens is 4. The second-order valence-electron chi connectivity index (χ2n) is 3.86. The maximum absolute atomic E-state index is 11.6. The number of urea groups is 1. The number of nitrogens with zero attached hydrogens (tertiary/aromatic N) is 3. The van der Waals surface area contributed by atoms with E-state index < -0.39 is 12.0 Å². The van der Waals surface area contributed by atoms with Crippen LogP contribution in [0.4, 0.5) is 4.79 Å². The lowest BCUT2D eigenvalue weighted by molar-refractivity contribution is 0.0691. The Kier molecular flexibility index (Phi) is 4.25. The van der Waals surface area contributed by atoms with E-state index in [1.807, 2.05) is 0 Å². The first-order valence-corrected chi connectivity index (χ1v) is 6.51. The first-order valence-electron chi connectivity index (χ1n) is 5.63. The van der Waals surface area contributed by atoms with Gasteiger partial charge < -0.3 is 15.7 Å². The SMILES string of the molecule is CC(NC(=O)NCc1ncn[nH]1)c1nc(C(=O)O)cs1. The molecule has 10 heteroatoms. The Morgan fingerprint density at radius 1 is 1.55 bits per heavy atom. The predicted molar refractivity (Wildman–Crippen MR) is 69.2 cm³/mol. The van der Waals surface area contributed by atoms with Gasteiger partial charge in [0.1, 0.15) is 17.2 Å². The summed E-state index contributed by atoms with van der Waals surface area (Å²) in [6.45, 7) is 1.94. The highest BCUT2D eigenvalue weighted by Gasteiger charge is 2.15. The van der Waals surface area contributed by atoms with Gasteiger partial charge in [0.2, 0.25) is 0 Å². The first-order chi connectivity index (χ1) is 9.56. The van der Waals surface area contributed by atoms with Gasteiger partial charge in [0.05, 0.1) is 12.6 Å². The van der Waals surface area contributed by atoms with Crippen LogP contribution in [-0.4, -0.2) is 37.3 Å². The molecule has 2 aromatic heterocycles. The molecule has 2 heterocycles. The molecule has 1 atom stereocenters. The number of hydrogen-bond acceptors (Lipinski definition) is 6. The van der Waals surface area contributed by atoms with Gasteiger partial charge >= 0.3 is 12.0 Å². The molecule has 0 bridgehead atoms. The number of nitrogens with one attached hydrogen (secondary N) is 3. The van der Waals surface area contributed by atoms with Gasteiger partial charge in [0, 0.05) is 5.38 Å². The first kappa shape index (κ1) is 13.9. The lowest BCUT2D eigenvalue weighted by Crippen LogP contribution is -2.36. The third-order valence-electron chi connectivity index (χ3n) is 2.34. The van der Waals surface area contributed by atoms with Gasteiger partial charge in [-0.3, -0.25) is 5.10 Å². The quantitative estimate of drug-likeness (QED) is 0.635. The molecular weight excluding hydrogens is 284 g/mol. The van der Waals surface area contributed by atoms with E-state index in [2.05, 4.69) is 30.8 Å². The third kappa shape index (κ3) is 3.51. The van der Waals surface area contributed by atoms with E-state index in [1.165, 1.54) is 23.0 Å². The van der Waals surface area contributed by atoms with Gasteiger partial charge in [-0.2, -0.15) is 5.10 Å². The molecule has 0 spiro atoms. The van der Waals surface area contributed by atoms with Gasteiger partial charge in [0.15, 0.2) is 5.69 Å². The molecule has 9 nitrogen and oxygen atoms in total. The minimum absolute atomic E-state index is 0.0271. The number of carbonyl (C=O) groups excluding carboxylic acids is 1. The molecule has 0 aliphatic heterocycles. The monoisotopic (exact) mass is 296 g/mol. The molecule has 0 saturated heterocycles. The van der Waals surface area contributed by atoms with Crippen molar-refractivity contribution in [3.63, 3.8) is 0 Å². The Labute approximate surface area is 117 Å². The van der Waals surface area contributed by atoms with Gasteiger partial charge in [-0.15, -0.1) is 11.3 Å². The topological polar surface area (TPSA) is 133 Å². The Hall–Kier alpha value is -2.49. The summed E-state index contributed by atoms with van der Waals surface area (Å²) in [7, 11) is 0. The van der Waals surface area contributed by atoms with Gasteiger partial charge in [-0.25, -0.2) is 19.6 Å². The highest BCUT2D eigenvalue weighted by atomic mass is 32.1. The highest BCUT2D eigenvalue weighted by Crippen LogP contribution is 2.17. The molecule has 4 N–H and O–H groups in total. The second kappa shape index (κ2) is 6.10. The number of aromatic carboxylic acids is 1. The minimum Gasteiger partial charge on any atom is -0.476 e. The van der Waals surface area contributed by atoms with Gasteiger partial charge in [-0.05, 0) is 6.92 Å². The maximum atomic E-state index is 11.6. The van der Waals surface area contributed by atoms with Crippen molar-refractivity contribution in [2.75, 3.05) is 0 Å². The van der Waals surface area contributed by atoms with Gasteiger partial charge in [-0.1, -0.05) is 0 Å². The minimum atomic E-state index is -1.09. The van der Waals surface area contributed by atoms with E-state index in [0.29, 0.717) is 10.8 Å². The van der Waals surface area contributed by atoms with Crippen LogP contribution in [0.25, 0.3) is 0 Å². The van der Waals surface area contributed by atoms with Crippen molar-refractivity contribution in [2.45, 2.75) is 19.5 Å². The average Bonchev–Trinajstić information content (AvgIpc) is 3.07. The normalized spacial score (nSPS) is 11.8. The highest BCUT2D eigenvalue weighted by molar-refractivity contribution is 7.09. The fourth-order valence-corrected chi connectivity index (χ4v) is 2.17. The van der Waals surface area contributed by atoms with Crippen molar-refractivity contribution in [3.05, 3.63) is 28.2 Å². The van der Waals surface area contributed by atoms with Crippen LogP contribution in [0.5, 0.6) is 0 Å². The van der Waals surface area contributed by atoms with E-state index in [9.17, 15) is 9.59 Å². The molecule has 0 radical (unpaired) electrons. The van der Waals surface area contributed by atoms with Crippen LogP contribution in [0.15, 0.2) is 11.7 Å². The maximum Gasteiger partial charge on any atom is 0.355 e. The van der Waals surface area contributed by atoms with Crippen molar-refractivity contribution in [1.82, 2.24) is 30.8 Å². The summed E-state index contributed by atoms with van der Waals surface area (Å²) in [6, 6.07) is -0.788. The molecule has 0 fully saturated rings. The van der Waals surface area contributed by atoms with Crippen molar-refractivity contribution in [3.8, 4) is 0 Å². The van der Waals surface area contributed by atoms with Crippen LogP contribution >= 0.6 is 11.3 Å². The molecule has 2 aromatic rings. The van der Waals surface area contributed by atoms with Crippen LogP contribution in [-0.2, 0) is 6.54 Å². The third-order valence-corrected chi connectivity index (χ3v) is 3.37. The lowest BCUT2D eigenvalue weighted by atomic mass is 10.3. The summed E-state index contributed by atoms with van der Waals surface area (Å²) in [5.74, 6) is -0.551. The Bertz CT molecular complexity index is 596. The molecule has 0 saturated carbocycles. The van der Waals surface area contributed by atoms with Gasteiger partial charge in [0.25, 0.3) is 0 Å². The number of hydrogen-bond donors (Lipinski definition) is 4. The second-order valence-corrected chi connectivity index (χ2v) is 4.75. The zero-order valence-electron chi connectivity index (χ0n) is 10.5. The summed E-state index contributed by atoms with van der Waals surface area (Å²) in [5, 5.41) is 22.3. The van der Waals surface area contributed by atoms with Crippen molar-refractivity contribution >= 4 is 23.3 Å². The molecule has 106 valence electrons. The molecule has 0 aliphatic rings. The smallest absolute Gasteiger partial charge is 0.355 e. The molecule has 2 amide bonds. The lowest BCUT2D eigenvalue weighted by Gasteiger charge is -2.11. The number of amides is 2. The Morgan fingerprint density at radius 2 is 2.35 bits per heavy atom.